The van der Waals surface area contributed by atoms with Gasteiger partial charge in [-0.3, -0.25) is 9.59 Å². The molecule has 0 bridgehead atoms. The molecule has 1 N–H and O–H groups in total. The maximum absolute atomic E-state index is 12.9. The van der Waals surface area contributed by atoms with Gasteiger partial charge >= 0.3 is 0 Å². The summed E-state index contributed by atoms with van der Waals surface area (Å²) >= 11 is 0. The lowest BCUT2D eigenvalue weighted by molar-refractivity contribution is -0.130. The summed E-state index contributed by atoms with van der Waals surface area (Å²) in [5.41, 5.74) is 2.02. The van der Waals surface area contributed by atoms with E-state index < -0.39 is 10.0 Å². The molecule has 7 nitrogen and oxygen atoms in total. The lowest BCUT2D eigenvalue weighted by atomic mass is 10.0. The van der Waals surface area contributed by atoms with Gasteiger partial charge in [-0.05, 0) is 63.8 Å². The van der Waals surface area contributed by atoms with E-state index in [1.165, 1.54) is 4.31 Å². The SMILES string of the molecule is Cc1ccc(S(=O)(=O)N2CCC(NC(=O)C3CC(=O)N(C(C)C)C3)CC2)cc1C. The lowest BCUT2D eigenvalue weighted by Crippen LogP contribution is -2.48. The predicted molar refractivity (Wildman–Crippen MR) is 111 cm³/mol. The molecule has 8 heteroatoms. The molecule has 2 aliphatic rings. The van der Waals surface area contributed by atoms with Crippen molar-refractivity contribution in [3.8, 4) is 0 Å². The third-order valence-corrected chi connectivity index (χ3v) is 7.96. The molecule has 2 amide bonds. The first-order valence-corrected chi connectivity index (χ1v) is 11.7. The van der Waals surface area contributed by atoms with Crippen LogP contribution in [0.25, 0.3) is 0 Å². The zero-order valence-electron chi connectivity index (χ0n) is 17.6. The van der Waals surface area contributed by atoms with E-state index in [0.717, 1.165) is 11.1 Å². The third kappa shape index (κ3) is 4.64. The van der Waals surface area contributed by atoms with Gasteiger partial charge in [0.25, 0.3) is 0 Å². The van der Waals surface area contributed by atoms with E-state index in [4.69, 9.17) is 0 Å². The molecular weight excluding hydrogens is 390 g/mol. The Balaban J connectivity index is 1.56. The number of hydrogen-bond acceptors (Lipinski definition) is 4. The largest absolute Gasteiger partial charge is 0.353 e. The van der Waals surface area contributed by atoms with Crippen LogP contribution < -0.4 is 5.32 Å². The zero-order valence-corrected chi connectivity index (χ0v) is 18.5. The van der Waals surface area contributed by atoms with Crippen LogP contribution in [0.2, 0.25) is 0 Å². The average molecular weight is 422 g/mol. The summed E-state index contributed by atoms with van der Waals surface area (Å²) in [6.07, 6.45) is 1.40. The van der Waals surface area contributed by atoms with Crippen molar-refractivity contribution in [1.29, 1.82) is 0 Å². The molecule has 1 aromatic carbocycles. The lowest BCUT2D eigenvalue weighted by Gasteiger charge is -2.32. The van der Waals surface area contributed by atoms with Gasteiger partial charge in [0.15, 0.2) is 0 Å². The first-order valence-electron chi connectivity index (χ1n) is 10.3. The predicted octanol–water partition coefficient (Wildman–Crippen LogP) is 1.83. The number of benzene rings is 1. The van der Waals surface area contributed by atoms with Crippen LogP contribution in [0, 0.1) is 19.8 Å². The fourth-order valence-corrected chi connectivity index (χ4v) is 5.54. The van der Waals surface area contributed by atoms with E-state index in [2.05, 4.69) is 5.32 Å². The van der Waals surface area contributed by atoms with Crippen LogP contribution in [-0.2, 0) is 19.6 Å². The van der Waals surface area contributed by atoms with E-state index in [-0.39, 0.29) is 36.2 Å². The number of rotatable bonds is 5. The maximum atomic E-state index is 12.9. The van der Waals surface area contributed by atoms with Gasteiger partial charge in [-0.15, -0.1) is 0 Å². The Morgan fingerprint density at radius 2 is 1.79 bits per heavy atom. The van der Waals surface area contributed by atoms with E-state index in [1.54, 1.807) is 17.0 Å². The van der Waals surface area contributed by atoms with Crippen molar-refractivity contribution in [2.45, 2.75) is 63.9 Å². The van der Waals surface area contributed by atoms with Crippen LogP contribution in [0.4, 0.5) is 0 Å². The molecule has 0 aromatic heterocycles. The van der Waals surface area contributed by atoms with Gasteiger partial charge in [-0.1, -0.05) is 6.07 Å². The van der Waals surface area contributed by atoms with Crippen LogP contribution in [0.1, 0.15) is 44.2 Å². The fraction of sp³-hybridized carbons (Fsp3) is 0.619. The minimum absolute atomic E-state index is 0.0226. The van der Waals surface area contributed by atoms with E-state index in [0.29, 0.717) is 37.4 Å². The van der Waals surface area contributed by atoms with Crippen LogP contribution in [0.5, 0.6) is 0 Å². The number of amides is 2. The van der Waals surface area contributed by atoms with E-state index in [1.807, 2.05) is 33.8 Å². The van der Waals surface area contributed by atoms with Crippen LogP contribution in [0.3, 0.4) is 0 Å². The summed E-state index contributed by atoms with van der Waals surface area (Å²) in [5.74, 6) is -0.395. The van der Waals surface area contributed by atoms with Crippen molar-refractivity contribution in [1.82, 2.24) is 14.5 Å². The number of likely N-dealkylation sites (tertiary alicyclic amines) is 1. The topological polar surface area (TPSA) is 86.8 Å². The van der Waals surface area contributed by atoms with Crippen molar-refractivity contribution in [2.75, 3.05) is 19.6 Å². The summed E-state index contributed by atoms with van der Waals surface area (Å²) in [6.45, 7) is 8.97. The number of nitrogens with one attached hydrogen (secondary N) is 1. The molecule has 29 heavy (non-hydrogen) atoms. The molecule has 1 aromatic rings. The number of sulfonamides is 1. The monoisotopic (exact) mass is 421 g/mol. The molecule has 1 atom stereocenters. The van der Waals surface area contributed by atoms with Crippen molar-refractivity contribution >= 4 is 21.8 Å². The van der Waals surface area contributed by atoms with Gasteiger partial charge in [0.2, 0.25) is 21.8 Å². The standard InChI is InChI=1S/C21H31N3O4S/c1-14(2)24-13-17(12-20(24)25)21(26)22-18-7-9-23(10-8-18)29(27,28)19-6-5-15(3)16(4)11-19/h5-6,11,14,17-18H,7-10,12-13H2,1-4H3,(H,22,26). The smallest absolute Gasteiger partial charge is 0.243 e. The minimum Gasteiger partial charge on any atom is -0.353 e. The Labute approximate surface area is 173 Å². The van der Waals surface area contributed by atoms with Crippen molar-refractivity contribution in [3.63, 3.8) is 0 Å². The molecule has 160 valence electrons. The molecular formula is C21H31N3O4S. The number of nitrogens with zero attached hydrogens (tertiary/aromatic N) is 2. The summed E-state index contributed by atoms with van der Waals surface area (Å²) in [5, 5.41) is 3.03. The minimum atomic E-state index is -3.52. The molecule has 0 spiro atoms. The number of carbonyl (C=O) groups excluding carboxylic acids is 2. The fourth-order valence-electron chi connectivity index (χ4n) is 3.99. The molecule has 0 aliphatic carbocycles. The number of aryl methyl sites for hydroxylation is 2. The Morgan fingerprint density at radius 1 is 1.14 bits per heavy atom. The second-order valence-corrected chi connectivity index (χ2v) is 10.4. The second kappa shape index (κ2) is 8.44. The molecule has 2 heterocycles. The molecule has 1 unspecified atom stereocenters. The first-order chi connectivity index (χ1) is 13.6. The summed E-state index contributed by atoms with van der Waals surface area (Å²) in [7, 11) is -3.52. The molecule has 2 aliphatic heterocycles. The highest BCUT2D eigenvalue weighted by Gasteiger charge is 2.37. The van der Waals surface area contributed by atoms with Gasteiger partial charge in [0.05, 0.1) is 10.8 Å². The van der Waals surface area contributed by atoms with Gasteiger partial charge < -0.3 is 10.2 Å². The van der Waals surface area contributed by atoms with Crippen LogP contribution in [-0.4, -0.2) is 61.2 Å². The van der Waals surface area contributed by atoms with Gasteiger partial charge in [-0.2, -0.15) is 4.31 Å². The molecule has 3 rings (SSSR count). The molecule has 2 fully saturated rings. The summed E-state index contributed by atoms with van der Waals surface area (Å²) in [6, 6.07) is 5.24. The highest BCUT2D eigenvalue weighted by Crippen LogP contribution is 2.24. The highest BCUT2D eigenvalue weighted by atomic mass is 32.2. The Hall–Kier alpha value is -1.93. The van der Waals surface area contributed by atoms with Crippen molar-refractivity contribution in [3.05, 3.63) is 29.3 Å². The van der Waals surface area contributed by atoms with Gasteiger partial charge in [0.1, 0.15) is 0 Å². The molecule has 0 radical (unpaired) electrons. The third-order valence-electron chi connectivity index (χ3n) is 6.07. The maximum Gasteiger partial charge on any atom is 0.243 e. The molecule has 2 saturated heterocycles. The van der Waals surface area contributed by atoms with E-state index in [9.17, 15) is 18.0 Å². The van der Waals surface area contributed by atoms with Crippen molar-refractivity contribution in [2.24, 2.45) is 5.92 Å². The molecule has 0 saturated carbocycles. The number of carbonyl (C=O) groups is 2. The van der Waals surface area contributed by atoms with Crippen LogP contribution in [0.15, 0.2) is 23.1 Å². The Kier molecular flexibility index (Phi) is 6.33. The first kappa shape index (κ1) is 21.8. The van der Waals surface area contributed by atoms with Crippen molar-refractivity contribution < 1.29 is 18.0 Å². The highest BCUT2D eigenvalue weighted by molar-refractivity contribution is 7.89. The normalized spacial score (nSPS) is 21.8. The van der Waals surface area contributed by atoms with Gasteiger partial charge in [0, 0.05) is 38.1 Å². The van der Waals surface area contributed by atoms with Gasteiger partial charge in [-0.25, -0.2) is 8.42 Å². The number of hydrogen-bond donors (Lipinski definition) is 1. The second-order valence-electron chi connectivity index (χ2n) is 8.47. The summed E-state index contributed by atoms with van der Waals surface area (Å²) in [4.78, 5) is 26.7. The number of piperidine rings is 1. The zero-order chi connectivity index (χ0) is 21.3. The Morgan fingerprint density at radius 3 is 2.34 bits per heavy atom. The average Bonchev–Trinajstić information content (AvgIpc) is 3.06. The van der Waals surface area contributed by atoms with E-state index >= 15 is 0 Å². The Bertz CT molecular complexity index is 889. The van der Waals surface area contributed by atoms with Crippen LogP contribution >= 0.6 is 0 Å². The summed E-state index contributed by atoms with van der Waals surface area (Å²) < 4.78 is 27.3. The quantitative estimate of drug-likeness (QED) is 0.786.